The standard InChI is InChI=1S/C24H19FN2O5/c1-30-16-8-6-7-15(13-16)26-24(29)23-22(17-9-2-4-11-19(17)32-23)27-21(28)14-31-20-12-5-3-10-18(20)25/h2-13H,14H2,1H3,(H,26,29)(H,27,28). The summed E-state index contributed by atoms with van der Waals surface area (Å²) < 4.78 is 29.9. The van der Waals surface area contributed by atoms with E-state index in [2.05, 4.69) is 10.6 Å². The van der Waals surface area contributed by atoms with Crippen molar-refractivity contribution in [3.63, 3.8) is 0 Å². The van der Waals surface area contributed by atoms with Crippen LogP contribution < -0.4 is 20.1 Å². The molecule has 0 fully saturated rings. The molecular weight excluding hydrogens is 415 g/mol. The molecule has 1 aromatic heterocycles. The zero-order valence-electron chi connectivity index (χ0n) is 17.1. The van der Waals surface area contributed by atoms with Gasteiger partial charge in [0.15, 0.2) is 18.2 Å². The molecule has 0 spiro atoms. The van der Waals surface area contributed by atoms with Crippen LogP contribution in [0.4, 0.5) is 15.8 Å². The summed E-state index contributed by atoms with van der Waals surface area (Å²) in [5.74, 6) is -1.25. The molecule has 2 amide bonds. The largest absolute Gasteiger partial charge is 0.497 e. The Morgan fingerprint density at radius 2 is 1.75 bits per heavy atom. The molecule has 32 heavy (non-hydrogen) atoms. The second kappa shape index (κ2) is 9.22. The van der Waals surface area contributed by atoms with E-state index < -0.39 is 24.2 Å². The highest BCUT2D eigenvalue weighted by molar-refractivity contribution is 6.14. The number of carbonyl (C=O) groups excluding carboxylic acids is 2. The van der Waals surface area contributed by atoms with Gasteiger partial charge in [0.1, 0.15) is 17.0 Å². The minimum Gasteiger partial charge on any atom is -0.497 e. The fourth-order valence-electron chi connectivity index (χ4n) is 3.10. The molecule has 2 N–H and O–H groups in total. The lowest BCUT2D eigenvalue weighted by atomic mass is 10.2. The zero-order chi connectivity index (χ0) is 22.5. The second-order valence-electron chi connectivity index (χ2n) is 6.76. The summed E-state index contributed by atoms with van der Waals surface area (Å²) in [6, 6.07) is 19.5. The Hall–Kier alpha value is -4.33. The lowest BCUT2D eigenvalue weighted by Gasteiger charge is -2.09. The van der Waals surface area contributed by atoms with Crippen LogP contribution >= 0.6 is 0 Å². The molecule has 0 saturated heterocycles. The van der Waals surface area contributed by atoms with E-state index in [1.807, 2.05) is 0 Å². The normalized spacial score (nSPS) is 10.6. The van der Waals surface area contributed by atoms with Gasteiger partial charge in [-0.2, -0.15) is 0 Å². The van der Waals surface area contributed by atoms with E-state index in [1.54, 1.807) is 54.6 Å². The fourth-order valence-corrected chi connectivity index (χ4v) is 3.10. The first-order chi connectivity index (χ1) is 15.5. The van der Waals surface area contributed by atoms with Gasteiger partial charge in [0, 0.05) is 17.1 Å². The smallest absolute Gasteiger partial charge is 0.293 e. The SMILES string of the molecule is COc1cccc(NC(=O)c2oc3ccccc3c2NC(=O)COc2ccccc2F)c1. The minimum atomic E-state index is -0.576. The van der Waals surface area contributed by atoms with E-state index in [4.69, 9.17) is 13.9 Å². The monoisotopic (exact) mass is 434 g/mol. The van der Waals surface area contributed by atoms with Crippen LogP contribution in [0.5, 0.6) is 11.5 Å². The summed E-state index contributed by atoms with van der Waals surface area (Å²) in [5.41, 5.74) is 1.12. The molecule has 0 saturated carbocycles. The van der Waals surface area contributed by atoms with Crippen molar-refractivity contribution < 1.29 is 27.9 Å². The van der Waals surface area contributed by atoms with E-state index in [9.17, 15) is 14.0 Å². The van der Waals surface area contributed by atoms with Gasteiger partial charge in [0.05, 0.1) is 7.11 Å². The summed E-state index contributed by atoms with van der Waals surface area (Å²) in [7, 11) is 1.53. The number of nitrogens with one attached hydrogen (secondary N) is 2. The molecule has 0 atom stereocenters. The average Bonchev–Trinajstić information content (AvgIpc) is 3.17. The Kier molecular flexibility index (Phi) is 6.03. The number of fused-ring (bicyclic) bond motifs is 1. The average molecular weight is 434 g/mol. The maximum Gasteiger partial charge on any atom is 0.293 e. The summed E-state index contributed by atoms with van der Waals surface area (Å²) in [5, 5.41) is 5.92. The zero-order valence-corrected chi connectivity index (χ0v) is 17.1. The Morgan fingerprint density at radius 1 is 0.969 bits per heavy atom. The topological polar surface area (TPSA) is 89.8 Å². The lowest BCUT2D eigenvalue weighted by Crippen LogP contribution is -2.22. The third-order valence-corrected chi connectivity index (χ3v) is 4.59. The summed E-state index contributed by atoms with van der Waals surface area (Å²) in [6.45, 7) is -0.447. The van der Waals surface area contributed by atoms with Gasteiger partial charge in [-0.1, -0.05) is 30.3 Å². The maximum atomic E-state index is 13.7. The summed E-state index contributed by atoms with van der Waals surface area (Å²) >= 11 is 0. The first-order valence-electron chi connectivity index (χ1n) is 9.69. The highest BCUT2D eigenvalue weighted by Crippen LogP contribution is 2.32. The van der Waals surface area contributed by atoms with Crippen molar-refractivity contribution in [1.82, 2.24) is 0 Å². The molecule has 3 aromatic carbocycles. The molecule has 0 aliphatic heterocycles. The van der Waals surface area contributed by atoms with E-state index >= 15 is 0 Å². The van der Waals surface area contributed by atoms with Crippen LogP contribution in [-0.2, 0) is 4.79 Å². The number of amides is 2. The molecule has 0 aliphatic carbocycles. The molecule has 4 rings (SSSR count). The number of hydrogen-bond acceptors (Lipinski definition) is 5. The molecule has 0 aliphatic rings. The van der Waals surface area contributed by atoms with Gasteiger partial charge >= 0.3 is 0 Å². The van der Waals surface area contributed by atoms with Crippen LogP contribution in [0, 0.1) is 5.82 Å². The fraction of sp³-hybridized carbons (Fsp3) is 0.0833. The van der Waals surface area contributed by atoms with Crippen molar-refractivity contribution in [1.29, 1.82) is 0 Å². The molecular formula is C24H19FN2O5. The molecule has 4 aromatic rings. The predicted molar refractivity (Wildman–Crippen MR) is 118 cm³/mol. The third kappa shape index (κ3) is 4.54. The molecule has 7 nitrogen and oxygen atoms in total. The number of para-hydroxylation sites is 2. The number of halogens is 1. The number of anilines is 2. The Bertz CT molecular complexity index is 1280. The van der Waals surface area contributed by atoms with Crippen molar-refractivity contribution >= 4 is 34.2 Å². The van der Waals surface area contributed by atoms with Gasteiger partial charge in [-0.25, -0.2) is 4.39 Å². The van der Waals surface area contributed by atoms with Gasteiger partial charge in [-0.05, 0) is 36.4 Å². The quantitative estimate of drug-likeness (QED) is 0.434. The molecule has 1 heterocycles. The predicted octanol–water partition coefficient (Wildman–Crippen LogP) is 4.85. The van der Waals surface area contributed by atoms with Crippen LogP contribution in [0.1, 0.15) is 10.6 Å². The van der Waals surface area contributed by atoms with Gasteiger partial charge in [-0.15, -0.1) is 0 Å². The number of hydrogen-bond donors (Lipinski definition) is 2. The first kappa shape index (κ1) is 20.9. The second-order valence-corrected chi connectivity index (χ2v) is 6.76. The van der Waals surface area contributed by atoms with Crippen molar-refractivity contribution in [2.45, 2.75) is 0 Å². The van der Waals surface area contributed by atoms with Gasteiger partial charge in [0.2, 0.25) is 5.76 Å². The molecule has 162 valence electrons. The number of ether oxygens (including phenoxy) is 2. The van der Waals surface area contributed by atoms with Crippen molar-refractivity contribution in [2.24, 2.45) is 0 Å². The van der Waals surface area contributed by atoms with E-state index in [-0.39, 0.29) is 17.2 Å². The highest BCUT2D eigenvalue weighted by Gasteiger charge is 2.23. The van der Waals surface area contributed by atoms with Crippen LogP contribution in [-0.4, -0.2) is 25.5 Å². The number of furan rings is 1. The van der Waals surface area contributed by atoms with Crippen LogP contribution in [0.2, 0.25) is 0 Å². The van der Waals surface area contributed by atoms with Crippen molar-refractivity contribution in [3.8, 4) is 11.5 Å². The Labute approximate surface area is 182 Å². The van der Waals surface area contributed by atoms with Gasteiger partial charge < -0.3 is 24.5 Å². The number of rotatable bonds is 7. The van der Waals surface area contributed by atoms with E-state index in [1.165, 1.54) is 25.3 Å². The van der Waals surface area contributed by atoms with Crippen molar-refractivity contribution in [3.05, 3.63) is 84.4 Å². The number of carbonyl (C=O) groups is 2. The van der Waals surface area contributed by atoms with Crippen molar-refractivity contribution in [2.75, 3.05) is 24.4 Å². The maximum absolute atomic E-state index is 13.7. The van der Waals surface area contributed by atoms with Crippen LogP contribution in [0.15, 0.2) is 77.2 Å². The van der Waals surface area contributed by atoms with Crippen LogP contribution in [0.3, 0.4) is 0 Å². The first-order valence-corrected chi connectivity index (χ1v) is 9.69. The van der Waals surface area contributed by atoms with Gasteiger partial charge in [-0.3, -0.25) is 9.59 Å². The van der Waals surface area contributed by atoms with Crippen LogP contribution in [0.25, 0.3) is 11.0 Å². The van der Waals surface area contributed by atoms with E-state index in [0.717, 1.165) is 0 Å². The number of benzene rings is 3. The lowest BCUT2D eigenvalue weighted by molar-refractivity contribution is -0.118. The molecule has 0 radical (unpaired) electrons. The highest BCUT2D eigenvalue weighted by atomic mass is 19.1. The van der Waals surface area contributed by atoms with Gasteiger partial charge in [0.25, 0.3) is 11.8 Å². The molecule has 0 unspecified atom stereocenters. The van der Waals surface area contributed by atoms with E-state index in [0.29, 0.717) is 22.4 Å². The number of methoxy groups -OCH3 is 1. The third-order valence-electron chi connectivity index (χ3n) is 4.59. The minimum absolute atomic E-state index is 0.0457. The summed E-state index contributed by atoms with van der Waals surface area (Å²) in [6.07, 6.45) is 0. The Balaban J connectivity index is 1.56. The molecule has 0 bridgehead atoms. The molecule has 8 heteroatoms. The summed E-state index contributed by atoms with van der Waals surface area (Å²) in [4.78, 5) is 25.4. The Morgan fingerprint density at radius 3 is 2.56 bits per heavy atom.